The first-order valence-corrected chi connectivity index (χ1v) is 5.71. The second-order valence-corrected chi connectivity index (χ2v) is 5.10. The highest BCUT2D eigenvalue weighted by Gasteiger charge is 2.24. The summed E-state index contributed by atoms with van der Waals surface area (Å²) in [6, 6.07) is 5.88. The minimum Gasteiger partial charge on any atom is -0.394 e. The van der Waals surface area contributed by atoms with Gasteiger partial charge >= 0.3 is 0 Å². The number of nitrogens with zero attached hydrogens (tertiary/aromatic N) is 1. The van der Waals surface area contributed by atoms with E-state index in [1.54, 1.807) is 0 Å². The van der Waals surface area contributed by atoms with Gasteiger partial charge in [-0.25, -0.2) is 0 Å². The Kier molecular flexibility index (Phi) is 2.83. The zero-order valence-electron chi connectivity index (χ0n) is 10.4. The predicted octanol–water partition coefficient (Wildman–Crippen LogP) is 1.39. The molecular formula is C13H18N2O2. The molecule has 1 aromatic carbocycles. The number of nitrogens with one attached hydrogen (secondary N) is 1. The van der Waals surface area contributed by atoms with Crippen LogP contribution in [0.5, 0.6) is 0 Å². The fraction of sp³-hybridized carbons (Fsp3) is 0.462. The molecule has 0 fully saturated rings. The zero-order valence-corrected chi connectivity index (χ0v) is 10.4. The molecule has 0 bridgehead atoms. The molecule has 0 aromatic heterocycles. The molecule has 1 aliphatic heterocycles. The van der Waals surface area contributed by atoms with E-state index in [2.05, 4.69) is 5.32 Å². The number of rotatable bonds is 3. The molecule has 0 aliphatic carbocycles. The van der Waals surface area contributed by atoms with Gasteiger partial charge in [-0.05, 0) is 37.6 Å². The van der Waals surface area contributed by atoms with Crippen LogP contribution in [0.25, 0.3) is 0 Å². The Morgan fingerprint density at radius 3 is 2.82 bits per heavy atom. The molecule has 0 radical (unpaired) electrons. The van der Waals surface area contributed by atoms with E-state index in [-0.39, 0.29) is 18.1 Å². The van der Waals surface area contributed by atoms with Crippen LogP contribution in [-0.4, -0.2) is 30.2 Å². The summed E-state index contributed by atoms with van der Waals surface area (Å²) in [4.78, 5) is 13.3. The van der Waals surface area contributed by atoms with Crippen molar-refractivity contribution < 1.29 is 9.90 Å². The zero-order chi connectivity index (χ0) is 12.6. The van der Waals surface area contributed by atoms with Crippen LogP contribution in [0.4, 0.5) is 11.4 Å². The second kappa shape index (κ2) is 4.04. The van der Waals surface area contributed by atoms with Crippen molar-refractivity contribution in [1.82, 2.24) is 0 Å². The van der Waals surface area contributed by atoms with Crippen LogP contribution in [0.2, 0.25) is 0 Å². The Morgan fingerprint density at radius 1 is 1.47 bits per heavy atom. The summed E-state index contributed by atoms with van der Waals surface area (Å²) in [6.45, 7) is 4.03. The van der Waals surface area contributed by atoms with Crippen molar-refractivity contribution in [2.24, 2.45) is 0 Å². The average Bonchev–Trinajstić information content (AvgIpc) is 2.66. The lowest BCUT2D eigenvalue weighted by molar-refractivity contribution is -0.115. The molecule has 2 rings (SSSR count). The first-order chi connectivity index (χ1) is 7.94. The van der Waals surface area contributed by atoms with E-state index in [1.165, 1.54) is 0 Å². The molecule has 0 saturated heterocycles. The van der Waals surface area contributed by atoms with Crippen molar-refractivity contribution in [3.8, 4) is 0 Å². The number of hydrogen-bond donors (Lipinski definition) is 2. The highest BCUT2D eigenvalue weighted by Crippen LogP contribution is 2.30. The molecule has 1 heterocycles. The number of aliphatic hydroxyl groups excluding tert-OH is 1. The van der Waals surface area contributed by atoms with Gasteiger partial charge in [0.2, 0.25) is 5.91 Å². The number of aliphatic hydroxyl groups is 1. The lowest BCUT2D eigenvalue weighted by Crippen LogP contribution is -2.44. The summed E-state index contributed by atoms with van der Waals surface area (Å²) < 4.78 is 0. The maximum atomic E-state index is 11.3. The number of anilines is 2. The molecular weight excluding hydrogens is 216 g/mol. The Hall–Kier alpha value is -1.55. The third kappa shape index (κ3) is 2.13. The lowest BCUT2D eigenvalue weighted by atomic mass is 10.0. The van der Waals surface area contributed by atoms with E-state index >= 15 is 0 Å². The van der Waals surface area contributed by atoms with Gasteiger partial charge in [0.15, 0.2) is 0 Å². The third-order valence-corrected chi connectivity index (χ3v) is 3.40. The van der Waals surface area contributed by atoms with Crippen molar-refractivity contribution in [1.29, 1.82) is 0 Å². The predicted molar refractivity (Wildman–Crippen MR) is 68.3 cm³/mol. The van der Waals surface area contributed by atoms with Crippen molar-refractivity contribution in [3.63, 3.8) is 0 Å². The van der Waals surface area contributed by atoms with E-state index in [4.69, 9.17) is 0 Å². The van der Waals surface area contributed by atoms with Crippen LogP contribution in [0.3, 0.4) is 0 Å². The molecule has 0 atom stereocenters. The van der Waals surface area contributed by atoms with Gasteiger partial charge in [-0.2, -0.15) is 0 Å². The van der Waals surface area contributed by atoms with Gasteiger partial charge in [0, 0.05) is 18.4 Å². The van der Waals surface area contributed by atoms with Crippen LogP contribution in [0.15, 0.2) is 18.2 Å². The third-order valence-electron chi connectivity index (χ3n) is 3.40. The molecule has 0 spiro atoms. The van der Waals surface area contributed by atoms with Gasteiger partial charge in [-0.15, -0.1) is 0 Å². The van der Waals surface area contributed by atoms with Crippen molar-refractivity contribution in [2.75, 3.05) is 23.9 Å². The molecule has 2 N–H and O–H groups in total. The van der Waals surface area contributed by atoms with Gasteiger partial charge in [0.1, 0.15) is 0 Å². The molecule has 4 nitrogen and oxygen atoms in total. The van der Waals surface area contributed by atoms with Crippen LogP contribution in [0.1, 0.15) is 19.4 Å². The maximum Gasteiger partial charge on any atom is 0.228 e. The van der Waals surface area contributed by atoms with E-state index in [0.29, 0.717) is 6.42 Å². The largest absolute Gasteiger partial charge is 0.394 e. The summed E-state index contributed by atoms with van der Waals surface area (Å²) in [6.07, 6.45) is 0.441. The fourth-order valence-corrected chi connectivity index (χ4v) is 1.88. The van der Waals surface area contributed by atoms with Crippen molar-refractivity contribution >= 4 is 17.3 Å². The van der Waals surface area contributed by atoms with Gasteiger partial charge in [0.25, 0.3) is 0 Å². The van der Waals surface area contributed by atoms with Crippen molar-refractivity contribution in [3.05, 3.63) is 23.8 Å². The standard InChI is InChI=1S/C13H18N2O2/c1-13(2,8-16)15(3)10-4-5-11-9(6-10)7-12(17)14-11/h4-6,16H,7-8H2,1-3H3,(H,14,17). The number of benzene rings is 1. The SMILES string of the molecule is CN(c1ccc2c(c1)CC(=O)N2)C(C)(C)CO. The summed E-state index contributed by atoms with van der Waals surface area (Å²) in [5.41, 5.74) is 2.62. The Morgan fingerprint density at radius 2 is 2.18 bits per heavy atom. The van der Waals surface area contributed by atoms with Crippen LogP contribution in [0, 0.1) is 0 Å². The number of carbonyl (C=O) groups is 1. The van der Waals surface area contributed by atoms with Crippen LogP contribution in [-0.2, 0) is 11.2 Å². The summed E-state index contributed by atoms with van der Waals surface area (Å²) in [7, 11) is 1.95. The second-order valence-electron chi connectivity index (χ2n) is 5.10. The van der Waals surface area contributed by atoms with Gasteiger partial charge in [-0.3, -0.25) is 4.79 Å². The topological polar surface area (TPSA) is 52.6 Å². The molecule has 17 heavy (non-hydrogen) atoms. The minimum absolute atomic E-state index is 0.0428. The molecule has 0 unspecified atom stereocenters. The highest BCUT2D eigenvalue weighted by atomic mass is 16.3. The van der Waals surface area contributed by atoms with E-state index in [9.17, 15) is 9.90 Å². The quantitative estimate of drug-likeness (QED) is 0.831. The number of carbonyl (C=O) groups excluding carboxylic acids is 1. The van der Waals surface area contributed by atoms with E-state index in [1.807, 2.05) is 44.0 Å². The summed E-state index contributed by atoms with van der Waals surface area (Å²) >= 11 is 0. The van der Waals surface area contributed by atoms with E-state index in [0.717, 1.165) is 16.9 Å². The lowest BCUT2D eigenvalue weighted by Gasteiger charge is -2.36. The highest BCUT2D eigenvalue weighted by molar-refractivity contribution is 5.99. The molecule has 1 aromatic rings. The normalized spacial score (nSPS) is 14.5. The smallest absolute Gasteiger partial charge is 0.228 e. The molecule has 0 saturated carbocycles. The number of likely N-dealkylation sites (N-methyl/N-ethyl adjacent to an activating group) is 1. The molecule has 4 heteroatoms. The number of fused-ring (bicyclic) bond motifs is 1. The molecule has 1 amide bonds. The molecule has 92 valence electrons. The Bertz CT molecular complexity index is 455. The number of amides is 1. The minimum atomic E-state index is -0.315. The number of hydrogen-bond acceptors (Lipinski definition) is 3. The Balaban J connectivity index is 2.30. The molecule has 1 aliphatic rings. The van der Waals surface area contributed by atoms with Crippen LogP contribution < -0.4 is 10.2 Å². The van der Waals surface area contributed by atoms with E-state index < -0.39 is 0 Å². The van der Waals surface area contributed by atoms with Crippen LogP contribution >= 0.6 is 0 Å². The van der Waals surface area contributed by atoms with Crippen molar-refractivity contribution in [2.45, 2.75) is 25.8 Å². The monoisotopic (exact) mass is 234 g/mol. The first-order valence-electron chi connectivity index (χ1n) is 5.71. The summed E-state index contributed by atoms with van der Waals surface area (Å²) in [5, 5.41) is 12.2. The van der Waals surface area contributed by atoms with Gasteiger partial charge in [-0.1, -0.05) is 0 Å². The summed E-state index contributed by atoms with van der Waals surface area (Å²) in [5.74, 6) is 0.0428. The average molecular weight is 234 g/mol. The maximum absolute atomic E-state index is 11.3. The Labute approximate surface area is 101 Å². The van der Waals surface area contributed by atoms with Gasteiger partial charge in [0.05, 0.1) is 18.6 Å². The fourth-order valence-electron chi connectivity index (χ4n) is 1.88. The van der Waals surface area contributed by atoms with Gasteiger partial charge < -0.3 is 15.3 Å². The first kappa shape index (κ1) is 11.9.